The van der Waals surface area contributed by atoms with Gasteiger partial charge in [-0.05, 0) is 103 Å². The van der Waals surface area contributed by atoms with Crippen molar-refractivity contribution in [2.24, 2.45) is 0 Å². The molecule has 0 atom stereocenters. The zero-order valence-corrected chi connectivity index (χ0v) is 33.8. The molecule has 4 nitrogen and oxygen atoms in total. The van der Waals surface area contributed by atoms with Crippen LogP contribution in [-0.2, 0) is 10.8 Å². The summed E-state index contributed by atoms with van der Waals surface area (Å²) in [6, 6.07) is 58.3. The fraction of sp³-hybridized carbons (Fsp3) is 0.145. The second-order valence-electron chi connectivity index (χ2n) is 17.5. The van der Waals surface area contributed by atoms with Crippen LogP contribution < -0.4 is 0 Å². The molecule has 284 valence electrons. The van der Waals surface area contributed by atoms with E-state index in [1.807, 2.05) is 12.1 Å². The molecule has 0 aliphatic heterocycles. The van der Waals surface area contributed by atoms with Gasteiger partial charge >= 0.3 is 0 Å². The summed E-state index contributed by atoms with van der Waals surface area (Å²) in [4.78, 5) is 15.6. The van der Waals surface area contributed by atoms with Gasteiger partial charge in [-0.2, -0.15) is 0 Å². The molecule has 59 heavy (non-hydrogen) atoms. The van der Waals surface area contributed by atoms with Crippen LogP contribution in [0.3, 0.4) is 0 Å². The van der Waals surface area contributed by atoms with Crippen molar-refractivity contribution in [2.75, 3.05) is 0 Å². The van der Waals surface area contributed by atoms with Crippen LogP contribution in [0.2, 0.25) is 0 Å². The molecule has 1 aliphatic rings. The lowest BCUT2D eigenvalue weighted by atomic mass is 9.63. The first kappa shape index (κ1) is 35.3. The van der Waals surface area contributed by atoms with Gasteiger partial charge in [-0.3, -0.25) is 0 Å². The summed E-state index contributed by atoms with van der Waals surface area (Å²) < 4.78 is 6.55. The van der Waals surface area contributed by atoms with E-state index in [1.54, 1.807) is 0 Å². The van der Waals surface area contributed by atoms with Gasteiger partial charge in [-0.15, -0.1) is 0 Å². The first-order chi connectivity index (χ1) is 28.7. The lowest BCUT2D eigenvalue weighted by Gasteiger charge is -2.42. The van der Waals surface area contributed by atoms with Crippen molar-refractivity contribution in [1.82, 2.24) is 15.0 Å². The van der Waals surface area contributed by atoms with Crippen molar-refractivity contribution in [3.63, 3.8) is 0 Å². The number of rotatable bonds is 5. The highest BCUT2D eigenvalue weighted by atomic mass is 16.3. The largest absolute Gasteiger partial charge is 0.456 e. The van der Waals surface area contributed by atoms with Gasteiger partial charge < -0.3 is 4.42 Å². The maximum atomic E-state index is 6.55. The summed E-state index contributed by atoms with van der Waals surface area (Å²) in [5.41, 5.74) is 12.3. The molecule has 0 unspecified atom stereocenters. The standard InChI is InChI=1S/C55H43N3O/c1-54(2)29-30-55(3,4)47-33-40(25-27-46(47)54)39-26-28-48-45(32-39)50-44(17-10-18-49(50)59-48)53-57-51(56-52(58-53)41-24-19-34-11-5-6-13-38(34)31-41)37-22-20-36(21-23-37)43-16-9-14-35-12-7-8-15-42(35)43/h5-28,31-33H,29-30H2,1-4H3. The molecule has 0 fully saturated rings. The van der Waals surface area contributed by atoms with Gasteiger partial charge in [0, 0.05) is 27.5 Å². The molecule has 0 amide bonds. The fourth-order valence-electron chi connectivity index (χ4n) is 9.32. The van der Waals surface area contributed by atoms with E-state index in [1.165, 1.54) is 51.3 Å². The molecule has 2 heterocycles. The molecule has 0 bridgehead atoms. The predicted molar refractivity (Wildman–Crippen MR) is 245 cm³/mol. The van der Waals surface area contributed by atoms with Gasteiger partial charge in [0.15, 0.2) is 17.5 Å². The van der Waals surface area contributed by atoms with Crippen LogP contribution in [0.15, 0.2) is 168 Å². The van der Waals surface area contributed by atoms with Gasteiger partial charge in [-0.25, -0.2) is 15.0 Å². The maximum absolute atomic E-state index is 6.55. The Bertz CT molecular complexity index is 3270. The Hall–Kier alpha value is -6.91. The Morgan fingerprint density at radius 3 is 1.81 bits per heavy atom. The number of benzene rings is 8. The molecule has 11 rings (SSSR count). The molecule has 0 spiro atoms. The van der Waals surface area contributed by atoms with E-state index in [4.69, 9.17) is 19.4 Å². The van der Waals surface area contributed by atoms with Gasteiger partial charge in [0.2, 0.25) is 0 Å². The number of fused-ring (bicyclic) bond motifs is 6. The number of nitrogens with zero attached hydrogens (tertiary/aromatic N) is 3. The molecule has 0 saturated heterocycles. The third kappa shape index (κ3) is 6.01. The molecule has 0 N–H and O–H groups in total. The average Bonchev–Trinajstić information content (AvgIpc) is 3.66. The molecule has 8 aromatic carbocycles. The SMILES string of the molecule is CC1(C)CCC(C)(C)c2cc(-c3ccc4oc5cccc(-c6nc(-c7ccc(-c8cccc9ccccc89)cc7)nc(-c7ccc8ccccc8c7)n6)c5c4c3)ccc21. The summed E-state index contributed by atoms with van der Waals surface area (Å²) in [6.45, 7) is 9.54. The van der Waals surface area contributed by atoms with Crippen LogP contribution in [0.25, 0.3) is 99.9 Å². The minimum absolute atomic E-state index is 0.121. The third-order valence-corrected chi connectivity index (χ3v) is 12.8. The zero-order chi connectivity index (χ0) is 39.9. The molecular weight excluding hydrogens is 719 g/mol. The average molecular weight is 762 g/mol. The van der Waals surface area contributed by atoms with Gasteiger partial charge in [0.1, 0.15) is 11.2 Å². The van der Waals surface area contributed by atoms with Crippen molar-refractivity contribution in [3.05, 3.63) is 175 Å². The lowest BCUT2D eigenvalue weighted by molar-refractivity contribution is 0.332. The number of aromatic nitrogens is 3. The van der Waals surface area contributed by atoms with Crippen molar-refractivity contribution in [3.8, 4) is 56.4 Å². The second kappa shape index (κ2) is 13.3. The fourth-order valence-corrected chi connectivity index (χ4v) is 9.32. The highest BCUT2D eigenvalue weighted by Gasteiger charge is 2.37. The summed E-state index contributed by atoms with van der Waals surface area (Å²) >= 11 is 0. The summed E-state index contributed by atoms with van der Waals surface area (Å²) in [5.74, 6) is 1.85. The Labute approximate surface area is 344 Å². The quantitative estimate of drug-likeness (QED) is 0.175. The Balaban J connectivity index is 1.07. The number of hydrogen-bond acceptors (Lipinski definition) is 4. The molecule has 0 saturated carbocycles. The Kier molecular flexibility index (Phi) is 7.96. The molecule has 1 aliphatic carbocycles. The third-order valence-electron chi connectivity index (χ3n) is 12.8. The summed E-state index contributed by atoms with van der Waals surface area (Å²) in [6.07, 6.45) is 2.37. The van der Waals surface area contributed by atoms with E-state index in [0.717, 1.165) is 55.1 Å². The molecule has 0 radical (unpaired) electrons. The van der Waals surface area contributed by atoms with Crippen LogP contribution >= 0.6 is 0 Å². The first-order valence-corrected chi connectivity index (χ1v) is 20.6. The molecule has 10 aromatic rings. The minimum Gasteiger partial charge on any atom is -0.456 e. The van der Waals surface area contributed by atoms with Crippen molar-refractivity contribution >= 4 is 43.5 Å². The van der Waals surface area contributed by atoms with Crippen molar-refractivity contribution in [1.29, 1.82) is 0 Å². The molecule has 2 aromatic heterocycles. The highest BCUT2D eigenvalue weighted by Crippen LogP contribution is 2.47. The maximum Gasteiger partial charge on any atom is 0.164 e. The van der Waals surface area contributed by atoms with Crippen molar-refractivity contribution < 1.29 is 4.42 Å². The highest BCUT2D eigenvalue weighted by molar-refractivity contribution is 6.13. The van der Waals surface area contributed by atoms with E-state index in [9.17, 15) is 0 Å². The lowest BCUT2D eigenvalue weighted by Crippen LogP contribution is -2.33. The van der Waals surface area contributed by atoms with Gasteiger partial charge in [0.25, 0.3) is 0 Å². The van der Waals surface area contributed by atoms with Gasteiger partial charge in [-0.1, -0.05) is 167 Å². The Morgan fingerprint density at radius 2 is 0.983 bits per heavy atom. The number of hydrogen-bond donors (Lipinski definition) is 0. The second-order valence-corrected chi connectivity index (χ2v) is 17.5. The first-order valence-electron chi connectivity index (χ1n) is 20.6. The Morgan fingerprint density at radius 1 is 0.390 bits per heavy atom. The van der Waals surface area contributed by atoms with E-state index in [2.05, 4.69) is 179 Å². The monoisotopic (exact) mass is 761 g/mol. The van der Waals surface area contributed by atoms with E-state index in [0.29, 0.717) is 17.5 Å². The van der Waals surface area contributed by atoms with Crippen molar-refractivity contribution in [2.45, 2.75) is 51.4 Å². The normalized spacial score (nSPS) is 14.6. The van der Waals surface area contributed by atoms with E-state index < -0.39 is 0 Å². The van der Waals surface area contributed by atoms with Crippen LogP contribution in [-0.4, -0.2) is 15.0 Å². The topological polar surface area (TPSA) is 51.8 Å². The van der Waals surface area contributed by atoms with Crippen LogP contribution in [0.4, 0.5) is 0 Å². The number of furan rings is 1. The van der Waals surface area contributed by atoms with E-state index >= 15 is 0 Å². The zero-order valence-electron chi connectivity index (χ0n) is 33.8. The molecular formula is C55H43N3O. The minimum atomic E-state index is 0.121. The van der Waals surface area contributed by atoms with Crippen LogP contribution in [0, 0.1) is 0 Å². The summed E-state index contributed by atoms with van der Waals surface area (Å²) in [7, 11) is 0. The molecule has 4 heteroatoms. The van der Waals surface area contributed by atoms with Gasteiger partial charge in [0.05, 0.1) is 0 Å². The van der Waals surface area contributed by atoms with E-state index in [-0.39, 0.29) is 10.8 Å². The van der Waals surface area contributed by atoms with Crippen LogP contribution in [0.1, 0.15) is 51.7 Å². The summed E-state index contributed by atoms with van der Waals surface area (Å²) in [5, 5.41) is 6.80. The smallest absolute Gasteiger partial charge is 0.164 e. The predicted octanol–water partition coefficient (Wildman–Crippen LogP) is 14.8. The van der Waals surface area contributed by atoms with Crippen LogP contribution in [0.5, 0.6) is 0 Å².